The molecule has 224 valence electrons. The normalized spacial score (nSPS) is 18.4. The summed E-state index contributed by atoms with van der Waals surface area (Å²) in [5.74, 6) is -0.799. The van der Waals surface area contributed by atoms with Crippen LogP contribution >= 0.6 is 0 Å². The molecule has 0 bridgehead atoms. The molecule has 1 saturated carbocycles. The Bertz CT molecular complexity index is 1220. The second-order valence-corrected chi connectivity index (χ2v) is 12.4. The average molecular weight is 568 g/mol. The minimum Gasteiger partial charge on any atom is -0.444 e. The number of aromatic nitrogens is 1. The van der Waals surface area contributed by atoms with Crippen molar-refractivity contribution in [2.24, 2.45) is 5.92 Å². The lowest BCUT2D eigenvalue weighted by atomic mass is 9.94. The minimum atomic E-state index is -0.821. The summed E-state index contributed by atoms with van der Waals surface area (Å²) in [5, 5.41) is 9.72. The zero-order valence-electron chi connectivity index (χ0n) is 24.8. The highest BCUT2D eigenvalue weighted by Gasteiger charge is 2.34. The van der Waals surface area contributed by atoms with Crippen LogP contribution in [0.4, 0.5) is 4.79 Å². The molecule has 1 saturated heterocycles. The first kappa shape index (κ1) is 30.4. The molecule has 0 spiro atoms. The monoisotopic (exact) mass is 567 g/mol. The number of para-hydroxylation sites is 1. The number of hydrogen-bond acceptors (Lipinski definition) is 5. The predicted molar refractivity (Wildman–Crippen MR) is 157 cm³/mol. The zero-order chi connectivity index (χ0) is 29.6. The smallest absolute Gasteiger partial charge is 0.408 e. The topological polar surface area (TPSA) is 133 Å². The van der Waals surface area contributed by atoms with Gasteiger partial charge in [-0.25, -0.2) is 4.79 Å². The van der Waals surface area contributed by atoms with Crippen molar-refractivity contribution in [1.29, 1.82) is 0 Å². The molecule has 1 aromatic heterocycles. The standard InChI is InChI=1S/C31H45N5O5/c1-20(27(37)34-23-10-6-5-7-11-23)33-28(38)21-14-16-36(17-15-21)29(39)26(35-30(40)41-31(2,3)4)18-22-19-32-25-13-9-8-12-24(22)25/h8-9,12-13,19-21,23,26,32H,5-7,10-11,14-18H2,1-4H3,(H,33,38)(H,34,37)(H,35,40)/t20-,26-/m0/s1. The van der Waals surface area contributed by atoms with E-state index >= 15 is 0 Å². The molecule has 0 radical (unpaired) electrons. The Morgan fingerprint density at radius 2 is 1.68 bits per heavy atom. The number of amides is 4. The Balaban J connectivity index is 1.34. The molecule has 4 rings (SSSR count). The summed E-state index contributed by atoms with van der Waals surface area (Å²) in [5.41, 5.74) is 1.18. The van der Waals surface area contributed by atoms with Gasteiger partial charge in [0.15, 0.2) is 0 Å². The van der Waals surface area contributed by atoms with E-state index in [9.17, 15) is 19.2 Å². The lowest BCUT2D eigenvalue weighted by molar-refractivity contribution is -0.138. The largest absolute Gasteiger partial charge is 0.444 e. The number of nitrogens with one attached hydrogen (secondary N) is 4. The third-order valence-corrected chi connectivity index (χ3v) is 7.97. The van der Waals surface area contributed by atoms with Crippen LogP contribution in [0.2, 0.25) is 0 Å². The van der Waals surface area contributed by atoms with Crippen LogP contribution in [0.5, 0.6) is 0 Å². The third kappa shape index (κ3) is 8.47. The second kappa shape index (κ2) is 13.4. The first-order valence-corrected chi connectivity index (χ1v) is 14.9. The number of rotatable bonds is 8. The molecular weight excluding hydrogens is 522 g/mol. The molecule has 2 heterocycles. The van der Waals surface area contributed by atoms with E-state index in [-0.39, 0.29) is 29.7 Å². The fourth-order valence-electron chi connectivity index (χ4n) is 5.72. The number of piperidine rings is 1. The van der Waals surface area contributed by atoms with Crippen LogP contribution in [0, 0.1) is 5.92 Å². The van der Waals surface area contributed by atoms with Gasteiger partial charge >= 0.3 is 6.09 Å². The number of nitrogens with zero attached hydrogens (tertiary/aromatic N) is 1. The molecule has 41 heavy (non-hydrogen) atoms. The summed E-state index contributed by atoms with van der Waals surface area (Å²) < 4.78 is 5.45. The van der Waals surface area contributed by atoms with Crippen molar-refractivity contribution in [2.45, 2.75) is 103 Å². The molecule has 1 aliphatic carbocycles. The lowest BCUT2D eigenvalue weighted by Gasteiger charge is -2.34. The fraction of sp³-hybridized carbons (Fsp3) is 0.613. The number of carbonyl (C=O) groups excluding carboxylic acids is 4. The number of fused-ring (bicyclic) bond motifs is 1. The molecule has 2 aliphatic rings. The fourth-order valence-corrected chi connectivity index (χ4v) is 5.72. The van der Waals surface area contributed by atoms with Crippen molar-refractivity contribution in [3.63, 3.8) is 0 Å². The molecule has 2 aromatic rings. The lowest BCUT2D eigenvalue weighted by Crippen LogP contribution is -2.54. The van der Waals surface area contributed by atoms with Crippen molar-refractivity contribution < 1.29 is 23.9 Å². The van der Waals surface area contributed by atoms with Crippen molar-refractivity contribution >= 4 is 34.7 Å². The summed E-state index contributed by atoms with van der Waals surface area (Å²) >= 11 is 0. The third-order valence-electron chi connectivity index (χ3n) is 7.97. The average Bonchev–Trinajstić information content (AvgIpc) is 3.34. The van der Waals surface area contributed by atoms with Gasteiger partial charge in [-0.15, -0.1) is 0 Å². The minimum absolute atomic E-state index is 0.147. The van der Waals surface area contributed by atoms with Crippen LogP contribution in [0.25, 0.3) is 10.9 Å². The molecule has 4 amide bonds. The van der Waals surface area contributed by atoms with E-state index in [1.165, 1.54) is 6.42 Å². The van der Waals surface area contributed by atoms with Crippen LogP contribution in [0.3, 0.4) is 0 Å². The van der Waals surface area contributed by atoms with Gasteiger partial charge in [-0.05, 0) is 65.0 Å². The van der Waals surface area contributed by atoms with Gasteiger partial charge in [0.1, 0.15) is 17.7 Å². The number of alkyl carbamates (subject to hydrolysis) is 1. The maximum absolute atomic E-state index is 13.7. The van der Waals surface area contributed by atoms with Gasteiger partial charge in [-0.2, -0.15) is 0 Å². The van der Waals surface area contributed by atoms with Gasteiger partial charge in [0, 0.05) is 48.6 Å². The van der Waals surface area contributed by atoms with Gasteiger partial charge in [-0.3, -0.25) is 14.4 Å². The molecule has 2 atom stereocenters. The first-order valence-electron chi connectivity index (χ1n) is 14.9. The molecule has 1 aliphatic heterocycles. The quantitative estimate of drug-likeness (QED) is 0.385. The Morgan fingerprint density at radius 3 is 2.37 bits per heavy atom. The first-order chi connectivity index (χ1) is 19.5. The van der Waals surface area contributed by atoms with E-state index < -0.39 is 23.8 Å². The summed E-state index contributed by atoms with van der Waals surface area (Å²) in [6.45, 7) is 7.82. The van der Waals surface area contributed by atoms with Crippen LogP contribution in [0.15, 0.2) is 30.5 Å². The van der Waals surface area contributed by atoms with Gasteiger partial charge in [0.05, 0.1) is 0 Å². The summed E-state index contributed by atoms with van der Waals surface area (Å²) in [6, 6.07) is 6.59. The van der Waals surface area contributed by atoms with Gasteiger partial charge < -0.3 is 30.6 Å². The number of likely N-dealkylation sites (tertiary alicyclic amines) is 1. The highest BCUT2D eigenvalue weighted by Crippen LogP contribution is 2.23. The molecule has 4 N–H and O–H groups in total. The molecular formula is C31H45N5O5. The van der Waals surface area contributed by atoms with E-state index in [2.05, 4.69) is 20.9 Å². The molecule has 2 fully saturated rings. The predicted octanol–water partition coefficient (Wildman–Crippen LogP) is 3.80. The van der Waals surface area contributed by atoms with E-state index in [0.717, 1.165) is 42.1 Å². The number of aromatic amines is 1. The second-order valence-electron chi connectivity index (χ2n) is 12.4. The molecule has 10 heteroatoms. The van der Waals surface area contributed by atoms with Crippen LogP contribution in [-0.2, 0) is 25.5 Å². The van der Waals surface area contributed by atoms with Gasteiger partial charge in [0.2, 0.25) is 17.7 Å². The van der Waals surface area contributed by atoms with Crippen molar-refractivity contribution in [1.82, 2.24) is 25.8 Å². The number of ether oxygens (including phenoxy) is 1. The van der Waals surface area contributed by atoms with E-state index in [1.54, 1.807) is 32.6 Å². The van der Waals surface area contributed by atoms with Crippen molar-refractivity contribution in [3.05, 3.63) is 36.0 Å². The number of H-pyrrole nitrogens is 1. The van der Waals surface area contributed by atoms with Crippen molar-refractivity contribution in [2.75, 3.05) is 13.1 Å². The number of hydrogen-bond donors (Lipinski definition) is 4. The highest BCUT2D eigenvalue weighted by atomic mass is 16.6. The molecule has 10 nitrogen and oxygen atoms in total. The number of carbonyl (C=O) groups is 4. The Morgan fingerprint density at radius 1 is 1.00 bits per heavy atom. The SMILES string of the molecule is C[C@H](NC(=O)C1CCN(C(=O)[C@H](Cc2c[nH]c3ccccc23)NC(=O)OC(C)(C)C)CC1)C(=O)NC1CCCCC1. The maximum Gasteiger partial charge on any atom is 0.408 e. The highest BCUT2D eigenvalue weighted by molar-refractivity contribution is 5.90. The number of benzene rings is 1. The maximum atomic E-state index is 13.7. The van der Waals surface area contributed by atoms with E-state index in [0.29, 0.717) is 32.4 Å². The summed E-state index contributed by atoms with van der Waals surface area (Å²) in [7, 11) is 0. The molecule has 0 unspecified atom stereocenters. The summed E-state index contributed by atoms with van der Waals surface area (Å²) in [4.78, 5) is 56.9. The Kier molecular flexibility index (Phi) is 9.94. The van der Waals surface area contributed by atoms with Crippen molar-refractivity contribution in [3.8, 4) is 0 Å². The summed E-state index contributed by atoms with van der Waals surface area (Å²) in [6.07, 6.45) is 7.93. The van der Waals surface area contributed by atoms with Gasteiger partial charge in [0.25, 0.3) is 0 Å². The van der Waals surface area contributed by atoms with E-state index in [1.807, 2.05) is 30.5 Å². The molecule has 1 aromatic carbocycles. The van der Waals surface area contributed by atoms with Crippen LogP contribution < -0.4 is 16.0 Å². The zero-order valence-corrected chi connectivity index (χ0v) is 24.8. The van der Waals surface area contributed by atoms with Crippen LogP contribution in [-0.4, -0.2) is 70.5 Å². The Labute approximate surface area is 242 Å². The Hall–Kier alpha value is -3.56. The van der Waals surface area contributed by atoms with E-state index in [4.69, 9.17) is 4.74 Å². The van der Waals surface area contributed by atoms with Crippen LogP contribution in [0.1, 0.15) is 78.2 Å². The van der Waals surface area contributed by atoms with Gasteiger partial charge in [-0.1, -0.05) is 37.5 Å².